The first-order valence-electron chi connectivity index (χ1n) is 7.77. The number of benzene rings is 1. The minimum absolute atomic E-state index is 0.00178. The molecule has 0 bridgehead atoms. The number of likely N-dealkylation sites (tertiary alicyclic amines) is 1. The Balaban J connectivity index is 1.95. The van der Waals surface area contributed by atoms with Crippen LogP contribution in [-0.4, -0.2) is 34.0 Å². The molecule has 4 heteroatoms. The molecule has 3 atom stereocenters. The summed E-state index contributed by atoms with van der Waals surface area (Å²) in [6.45, 7) is 6.83. The molecular formula is C17H26N2O2. The van der Waals surface area contributed by atoms with Crippen molar-refractivity contribution in [2.24, 2.45) is 0 Å². The molecule has 1 saturated heterocycles. The fourth-order valence-corrected chi connectivity index (χ4v) is 3.33. The van der Waals surface area contributed by atoms with E-state index in [0.717, 1.165) is 24.0 Å². The summed E-state index contributed by atoms with van der Waals surface area (Å²) in [4.78, 5) is 14.7. The van der Waals surface area contributed by atoms with Gasteiger partial charge in [0, 0.05) is 18.6 Å². The van der Waals surface area contributed by atoms with Gasteiger partial charge in [0.1, 0.15) is 0 Å². The molecule has 4 nitrogen and oxygen atoms in total. The van der Waals surface area contributed by atoms with Gasteiger partial charge in [-0.3, -0.25) is 9.69 Å². The lowest BCUT2D eigenvalue weighted by Gasteiger charge is -2.31. The largest absolute Gasteiger partial charge is 0.392 e. The van der Waals surface area contributed by atoms with E-state index < -0.39 is 0 Å². The third kappa shape index (κ3) is 3.63. The molecule has 1 amide bonds. The van der Waals surface area contributed by atoms with Gasteiger partial charge in [-0.2, -0.15) is 0 Å². The summed E-state index contributed by atoms with van der Waals surface area (Å²) in [6.07, 6.45) is 2.32. The van der Waals surface area contributed by atoms with Crippen LogP contribution < -0.4 is 5.32 Å². The van der Waals surface area contributed by atoms with Gasteiger partial charge in [-0.1, -0.05) is 24.3 Å². The molecular weight excluding hydrogens is 264 g/mol. The molecule has 0 aromatic heterocycles. The van der Waals surface area contributed by atoms with Crippen molar-refractivity contribution in [2.75, 3.05) is 0 Å². The van der Waals surface area contributed by atoms with E-state index in [0.29, 0.717) is 18.6 Å². The van der Waals surface area contributed by atoms with Crippen LogP contribution >= 0.6 is 0 Å². The van der Waals surface area contributed by atoms with Crippen molar-refractivity contribution in [3.8, 4) is 0 Å². The van der Waals surface area contributed by atoms with Crippen LogP contribution in [0.4, 0.5) is 0 Å². The number of hydrogen-bond acceptors (Lipinski definition) is 3. The molecule has 116 valence electrons. The predicted molar refractivity (Wildman–Crippen MR) is 83.7 cm³/mol. The number of carbonyl (C=O) groups excluding carboxylic acids is 1. The highest BCUT2D eigenvalue weighted by atomic mass is 16.3. The maximum absolute atomic E-state index is 12.4. The standard InChI is InChI=1S/C17H26N2O2/c1-12-8-9-13(2)19(12)14(3)17(21)18-10-15-6-4-5-7-16(15)11-20/h4-7,12-14,20H,8-11H2,1-3H3,(H,18,21). The number of rotatable bonds is 5. The molecule has 3 unspecified atom stereocenters. The van der Waals surface area contributed by atoms with Crippen LogP contribution in [0, 0.1) is 0 Å². The van der Waals surface area contributed by atoms with Crippen LogP contribution in [0.1, 0.15) is 44.7 Å². The smallest absolute Gasteiger partial charge is 0.237 e. The molecule has 0 saturated carbocycles. The zero-order chi connectivity index (χ0) is 15.4. The van der Waals surface area contributed by atoms with Crippen LogP contribution in [0.25, 0.3) is 0 Å². The predicted octanol–water partition coefficient (Wildman–Crippen LogP) is 2.06. The van der Waals surface area contributed by atoms with Crippen molar-refractivity contribution in [2.45, 2.75) is 64.9 Å². The quantitative estimate of drug-likeness (QED) is 0.873. The molecule has 2 N–H and O–H groups in total. The summed E-state index contributed by atoms with van der Waals surface area (Å²) in [5.41, 5.74) is 1.84. The second-order valence-electron chi connectivity index (χ2n) is 6.04. The monoisotopic (exact) mass is 290 g/mol. The van der Waals surface area contributed by atoms with E-state index in [9.17, 15) is 9.90 Å². The lowest BCUT2D eigenvalue weighted by Crippen LogP contribution is -2.49. The Morgan fingerprint density at radius 1 is 1.29 bits per heavy atom. The van der Waals surface area contributed by atoms with E-state index in [-0.39, 0.29) is 18.6 Å². The van der Waals surface area contributed by atoms with Crippen molar-refractivity contribution < 1.29 is 9.90 Å². The number of aliphatic hydroxyl groups excluding tert-OH is 1. The maximum Gasteiger partial charge on any atom is 0.237 e. The van der Waals surface area contributed by atoms with Gasteiger partial charge < -0.3 is 10.4 Å². The number of carbonyl (C=O) groups is 1. The Bertz CT molecular complexity index is 479. The Morgan fingerprint density at radius 2 is 1.86 bits per heavy atom. The first-order valence-corrected chi connectivity index (χ1v) is 7.77. The highest BCUT2D eigenvalue weighted by molar-refractivity contribution is 5.81. The van der Waals surface area contributed by atoms with E-state index in [1.54, 1.807) is 0 Å². The van der Waals surface area contributed by atoms with Crippen LogP contribution in [0.5, 0.6) is 0 Å². The number of nitrogens with one attached hydrogen (secondary N) is 1. The van der Waals surface area contributed by atoms with E-state index in [4.69, 9.17) is 0 Å². The summed E-state index contributed by atoms with van der Waals surface area (Å²) in [5.74, 6) is 0.0587. The third-order valence-electron chi connectivity index (χ3n) is 4.59. The highest BCUT2D eigenvalue weighted by Crippen LogP contribution is 2.25. The van der Waals surface area contributed by atoms with Gasteiger partial charge in [-0.15, -0.1) is 0 Å². The highest BCUT2D eigenvalue weighted by Gasteiger charge is 2.34. The molecule has 0 spiro atoms. The van der Waals surface area contributed by atoms with E-state index in [1.165, 1.54) is 0 Å². The topological polar surface area (TPSA) is 52.6 Å². The summed E-state index contributed by atoms with van der Waals surface area (Å²) in [5, 5.41) is 12.3. The summed E-state index contributed by atoms with van der Waals surface area (Å²) >= 11 is 0. The molecule has 1 heterocycles. The van der Waals surface area contributed by atoms with Crippen molar-refractivity contribution in [3.05, 3.63) is 35.4 Å². The molecule has 1 aliphatic rings. The van der Waals surface area contributed by atoms with Crippen LogP contribution in [0.3, 0.4) is 0 Å². The van der Waals surface area contributed by atoms with Crippen LogP contribution in [-0.2, 0) is 17.9 Å². The van der Waals surface area contributed by atoms with Gasteiger partial charge in [0.25, 0.3) is 0 Å². The molecule has 1 aromatic carbocycles. The van der Waals surface area contributed by atoms with Gasteiger partial charge in [0.15, 0.2) is 0 Å². The van der Waals surface area contributed by atoms with Crippen molar-refractivity contribution in [1.82, 2.24) is 10.2 Å². The van der Waals surface area contributed by atoms with Gasteiger partial charge >= 0.3 is 0 Å². The minimum atomic E-state index is -0.112. The Hall–Kier alpha value is -1.39. The first-order chi connectivity index (χ1) is 10.0. The van der Waals surface area contributed by atoms with E-state index in [2.05, 4.69) is 24.1 Å². The Kier molecular flexibility index (Phi) is 5.37. The molecule has 1 fully saturated rings. The van der Waals surface area contributed by atoms with Crippen LogP contribution in [0.2, 0.25) is 0 Å². The van der Waals surface area contributed by atoms with Gasteiger partial charge in [-0.05, 0) is 44.7 Å². The minimum Gasteiger partial charge on any atom is -0.392 e. The SMILES string of the molecule is CC1CCC(C)N1C(C)C(=O)NCc1ccccc1CO. The lowest BCUT2D eigenvalue weighted by molar-refractivity contribution is -0.127. The molecule has 21 heavy (non-hydrogen) atoms. The fraction of sp³-hybridized carbons (Fsp3) is 0.588. The second kappa shape index (κ2) is 7.05. The summed E-state index contributed by atoms with van der Waals surface area (Å²) < 4.78 is 0. The number of nitrogens with zero attached hydrogens (tertiary/aromatic N) is 1. The average molecular weight is 290 g/mol. The van der Waals surface area contributed by atoms with Crippen molar-refractivity contribution in [3.63, 3.8) is 0 Å². The third-order valence-corrected chi connectivity index (χ3v) is 4.59. The molecule has 1 aliphatic heterocycles. The molecule has 1 aromatic rings. The normalized spacial score (nSPS) is 24.0. The number of amides is 1. The zero-order valence-electron chi connectivity index (χ0n) is 13.2. The van der Waals surface area contributed by atoms with Crippen LogP contribution in [0.15, 0.2) is 24.3 Å². The molecule has 2 rings (SSSR count). The fourth-order valence-electron chi connectivity index (χ4n) is 3.33. The first kappa shape index (κ1) is 16.0. The van der Waals surface area contributed by atoms with Crippen molar-refractivity contribution in [1.29, 1.82) is 0 Å². The maximum atomic E-state index is 12.4. The number of aliphatic hydroxyl groups is 1. The number of hydrogen-bond donors (Lipinski definition) is 2. The molecule has 0 aliphatic carbocycles. The summed E-state index contributed by atoms with van der Waals surface area (Å²) in [6, 6.07) is 8.46. The zero-order valence-corrected chi connectivity index (χ0v) is 13.2. The van der Waals surface area contributed by atoms with E-state index >= 15 is 0 Å². The van der Waals surface area contributed by atoms with Gasteiger partial charge in [0.05, 0.1) is 12.6 Å². The van der Waals surface area contributed by atoms with Gasteiger partial charge in [-0.25, -0.2) is 0 Å². The van der Waals surface area contributed by atoms with Crippen molar-refractivity contribution >= 4 is 5.91 Å². The van der Waals surface area contributed by atoms with E-state index in [1.807, 2.05) is 31.2 Å². The Labute approximate surface area is 127 Å². The lowest BCUT2D eigenvalue weighted by atomic mass is 10.1. The average Bonchev–Trinajstić information content (AvgIpc) is 2.83. The van der Waals surface area contributed by atoms with Gasteiger partial charge in [0.2, 0.25) is 5.91 Å². The summed E-state index contributed by atoms with van der Waals surface area (Å²) in [7, 11) is 0. The Morgan fingerprint density at radius 3 is 2.43 bits per heavy atom. The molecule has 0 radical (unpaired) electrons. The second-order valence-corrected chi connectivity index (χ2v) is 6.04.